The predicted molar refractivity (Wildman–Crippen MR) is 89.6 cm³/mol. The van der Waals surface area contributed by atoms with Gasteiger partial charge in [-0.3, -0.25) is 15.0 Å². The normalized spacial score (nSPS) is 22.1. The smallest absolute Gasteiger partial charge is 0.321 e. The number of hydrogen-bond acceptors (Lipinski definition) is 5. The van der Waals surface area contributed by atoms with E-state index in [1.807, 2.05) is 25.7 Å². The summed E-state index contributed by atoms with van der Waals surface area (Å²) in [7, 11) is 1.57. The SMILES string of the molecule is CCNC(=O)N[C@H]1CN([C@H](C)C(=O)NC(=O)NC(C)C)C[C@@H]1OC. The van der Waals surface area contributed by atoms with E-state index >= 15 is 0 Å². The Morgan fingerprint density at radius 1 is 1.17 bits per heavy atom. The van der Waals surface area contributed by atoms with Crippen molar-refractivity contribution in [2.45, 2.75) is 51.9 Å². The molecule has 24 heavy (non-hydrogen) atoms. The largest absolute Gasteiger partial charge is 0.378 e. The second kappa shape index (κ2) is 9.43. The van der Waals surface area contributed by atoms with E-state index in [-0.39, 0.29) is 30.1 Å². The van der Waals surface area contributed by atoms with Crippen molar-refractivity contribution >= 4 is 18.0 Å². The number of nitrogens with one attached hydrogen (secondary N) is 4. The van der Waals surface area contributed by atoms with Crippen LogP contribution in [0.25, 0.3) is 0 Å². The van der Waals surface area contributed by atoms with Gasteiger partial charge in [0.05, 0.1) is 18.2 Å². The van der Waals surface area contributed by atoms with Gasteiger partial charge in [0, 0.05) is 32.8 Å². The van der Waals surface area contributed by atoms with Crippen molar-refractivity contribution in [3.8, 4) is 0 Å². The van der Waals surface area contributed by atoms with E-state index in [9.17, 15) is 14.4 Å². The van der Waals surface area contributed by atoms with Gasteiger partial charge in [-0.25, -0.2) is 9.59 Å². The van der Waals surface area contributed by atoms with Crippen LogP contribution >= 0.6 is 0 Å². The highest BCUT2D eigenvalue weighted by atomic mass is 16.5. The molecule has 0 aromatic rings. The van der Waals surface area contributed by atoms with Gasteiger partial charge in [-0.05, 0) is 27.7 Å². The highest BCUT2D eigenvalue weighted by molar-refractivity contribution is 5.96. The molecule has 0 spiro atoms. The van der Waals surface area contributed by atoms with Crippen molar-refractivity contribution in [2.24, 2.45) is 0 Å². The standard InChI is InChI=1S/C15H29N5O4/c1-6-16-14(22)18-11-7-20(8-12(11)24-5)10(4)13(21)19-15(23)17-9(2)3/h9-12H,6-8H2,1-5H3,(H2,16,18,22)(H2,17,19,21,23)/t10-,11+,12+/m1/s1. The molecule has 1 rings (SSSR count). The average Bonchev–Trinajstić information content (AvgIpc) is 2.88. The molecule has 3 atom stereocenters. The summed E-state index contributed by atoms with van der Waals surface area (Å²) in [5.74, 6) is -0.387. The average molecular weight is 343 g/mol. The van der Waals surface area contributed by atoms with Crippen molar-refractivity contribution in [3.05, 3.63) is 0 Å². The van der Waals surface area contributed by atoms with Gasteiger partial charge in [0.15, 0.2) is 0 Å². The molecule has 0 aromatic carbocycles. The number of methoxy groups -OCH3 is 1. The number of nitrogens with zero attached hydrogens (tertiary/aromatic N) is 1. The molecule has 1 fully saturated rings. The zero-order valence-corrected chi connectivity index (χ0v) is 15.0. The Bertz CT molecular complexity index is 457. The molecule has 0 unspecified atom stereocenters. The van der Waals surface area contributed by atoms with Gasteiger partial charge in [0.25, 0.3) is 0 Å². The van der Waals surface area contributed by atoms with E-state index in [2.05, 4.69) is 21.3 Å². The highest BCUT2D eigenvalue weighted by Crippen LogP contribution is 2.16. The molecule has 0 saturated carbocycles. The second-order valence-corrected chi connectivity index (χ2v) is 6.13. The molecular weight excluding hydrogens is 314 g/mol. The quantitative estimate of drug-likeness (QED) is 0.526. The topological polar surface area (TPSA) is 112 Å². The molecule has 9 nitrogen and oxygen atoms in total. The molecule has 9 heteroatoms. The second-order valence-electron chi connectivity index (χ2n) is 6.13. The Balaban J connectivity index is 2.58. The first-order valence-corrected chi connectivity index (χ1v) is 8.21. The Kier molecular flexibility index (Phi) is 7.93. The number of carbonyl (C=O) groups is 3. The Morgan fingerprint density at radius 3 is 2.38 bits per heavy atom. The van der Waals surface area contributed by atoms with Crippen molar-refractivity contribution in [3.63, 3.8) is 0 Å². The summed E-state index contributed by atoms with van der Waals surface area (Å²) < 4.78 is 5.40. The fourth-order valence-electron chi connectivity index (χ4n) is 2.56. The number of rotatable bonds is 6. The lowest BCUT2D eigenvalue weighted by atomic mass is 10.2. The fraction of sp³-hybridized carbons (Fsp3) is 0.800. The number of likely N-dealkylation sites (tertiary alicyclic amines) is 1. The lowest BCUT2D eigenvalue weighted by Gasteiger charge is -2.23. The first kappa shape index (κ1) is 20.2. The first-order chi connectivity index (χ1) is 11.3. The molecule has 0 bridgehead atoms. The molecule has 1 heterocycles. The van der Waals surface area contributed by atoms with Crippen LogP contribution in [0.5, 0.6) is 0 Å². The number of imide groups is 1. The minimum Gasteiger partial charge on any atom is -0.378 e. The molecular formula is C15H29N5O4. The van der Waals surface area contributed by atoms with Crippen LogP contribution in [-0.4, -0.2) is 73.8 Å². The summed E-state index contributed by atoms with van der Waals surface area (Å²) in [5, 5.41) is 10.4. The van der Waals surface area contributed by atoms with Crippen LogP contribution in [-0.2, 0) is 9.53 Å². The minimum atomic E-state index is -0.513. The highest BCUT2D eigenvalue weighted by Gasteiger charge is 2.38. The molecule has 138 valence electrons. The van der Waals surface area contributed by atoms with Crippen LogP contribution in [0.3, 0.4) is 0 Å². The molecule has 0 aliphatic carbocycles. The van der Waals surface area contributed by atoms with Crippen molar-refractivity contribution < 1.29 is 19.1 Å². The van der Waals surface area contributed by atoms with Crippen LogP contribution in [0.2, 0.25) is 0 Å². The number of urea groups is 2. The van der Waals surface area contributed by atoms with Gasteiger partial charge in [0.2, 0.25) is 5.91 Å². The third kappa shape index (κ3) is 5.97. The molecule has 5 amide bonds. The maximum Gasteiger partial charge on any atom is 0.321 e. The molecule has 1 saturated heterocycles. The summed E-state index contributed by atoms with van der Waals surface area (Å²) in [4.78, 5) is 37.4. The van der Waals surface area contributed by atoms with E-state index < -0.39 is 12.1 Å². The van der Waals surface area contributed by atoms with E-state index in [1.54, 1.807) is 14.0 Å². The lowest BCUT2D eigenvalue weighted by molar-refractivity contribution is -0.124. The summed E-state index contributed by atoms with van der Waals surface area (Å²) >= 11 is 0. The summed E-state index contributed by atoms with van der Waals surface area (Å²) in [6.45, 7) is 8.68. The molecule has 0 aromatic heterocycles. The maximum atomic E-state index is 12.2. The Labute approximate surface area is 142 Å². The molecule has 0 radical (unpaired) electrons. The number of hydrogen-bond donors (Lipinski definition) is 4. The number of ether oxygens (including phenoxy) is 1. The maximum absolute atomic E-state index is 12.2. The summed E-state index contributed by atoms with van der Waals surface area (Å²) in [6, 6.07) is -1.56. The van der Waals surface area contributed by atoms with Gasteiger partial charge in [-0.2, -0.15) is 0 Å². The molecule has 4 N–H and O–H groups in total. The zero-order chi connectivity index (χ0) is 18.3. The number of carbonyl (C=O) groups excluding carboxylic acids is 3. The molecule has 1 aliphatic rings. The summed E-state index contributed by atoms with van der Waals surface area (Å²) in [6.07, 6.45) is -0.215. The van der Waals surface area contributed by atoms with Crippen LogP contribution in [0.1, 0.15) is 27.7 Å². The van der Waals surface area contributed by atoms with E-state index in [0.29, 0.717) is 19.6 Å². The van der Waals surface area contributed by atoms with Crippen molar-refractivity contribution in [1.82, 2.24) is 26.2 Å². The number of amides is 5. The third-order valence-corrected chi connectivity index (χ3v) is 3.83. The monoisotopic (exact) mass is 343 g/mol. The van der Waals surface area contributed by atoms with Gasteiger partial charge in [-0.15, -0.1) is 0 Å². The third-order valence-electron chi connectivity index (χ3n) is 3.83. The van der Waals surface area contributed by atoms with Crippen LogP contribution < -0.4 is 21.3 Å². The fourth-order valence-corrected chi connectivity index (χ4v) is 2.56. The first-order valence-electron chi connectivity index (χ1n) is 8.21. The van der Waals surface area contributed by atoms with Crippen molar-refractivity contribution in [1.29, 1.82) is 0 Å². The van der Waals surface area contributed by atoms with E-state index in [1.165, 1.54) is 0 Å². The predicted octanol–water partition coefficient (Wildman–Crippen LogP) is -0.373. The van der Waals surface area contributed by atoms with Gasteiger partial charge in [-0.1, -0.05) is 0 Å². The Morgan fingerprint density at radius 2 is 1.83 bits per heavy atom. The van der Waals surface area contributed by atoms with Crippen LogP contribution in [0, 0.1) is 0 Å². The minimum absolute atomic E-state index is 0.0524. The van der Waals surface area contributed by atoms with Gasteiger partial charge >= 0.3 is 12.1 Å². The van der Waals surface area contributed by atoms with Crippen LogP contribution in [0.15, 0.2) is 0 Å². The Hall–Kier alpha value is -1.87. The van der Waals surface area contributed by atoms with E-state index in [4.69, 9.17) is 4.74 Å². The van der Waals surface area contributed by atoms with Crippen molar-refractivity contribution in [2.75, 3.05) is 26.7 Å². The summed E-state index contributed by atoms with van der Waals surface area (Å²) in [5.41, 5.74) is 0. The molecule has 1 aliphatic heterocycles. The zero-order valence-electron chi connectivity index (χ0n) is 15.0. The lowest BCUT2D eigenvalue weighted by Crippen LogP contribution is -2.51. The van der Waals surface area contributed by atoms with Gasteiger partial charge in [0.1, 0.15) is 0 Å². The van der Waals surface area contributed by atoms with Gasteiger partial charge < -0.3 is 20.7 Å². The van der Waals surface area contributed by atoms with Crippen LogP contribution in [0.4, 0.5) is 9.59 Å². The van der Waals surface area contributed by atoms with E-state index in [0.717, 1.165) is 0 Å².